The second kappa shape index (κ2) is 13.6. The van der Waals surface area contributed by atoms with Crippen LogP contribution in [0.5, 0.6) is 0 Å². The van der Waals surface area contributed by atoms with Gasteiger partial charge in [-0.3, -0.25) is 4.57 Å². The lowest BCUT2D eigenvalue weighted by Crippen LogP contribution is -2.33. The van der Waals surface area contributed by atoms with Gasteiger partial charge in [0.1, 0.15) is 17.8 Å². The smallest absolute Gasteiger partial charge is 0.159 e. The van der Waals surface area contributed by atoms with Gasteiger partial charge in [0.25, 0.3) is 0 Å². The van der Waals surface area contributed by atoms with Gasteiger partial charge in [0.2, 0.25) is 0 Å². The Morgan fingerprint density at radius 3 is 1.97 bits per heavy atom. The van der Waals surface area contributed by atoms with Crippen LogP contribution in [0.15, 0.2) is 216 Å². The van der Waals surface area contributed by atoms with E-state index in [-0.39, 0.29) is 6.17 Å². The van der Waals surface area contributed by atoms with Gasteiger partial charge in [0, 0.05) is 44.3 Å². The van der Waals surface area contributed by atoms with Gasteiger partial charge in [0.05, 0.1) is 27.8 Å². The number of rotatable bonds is 5. The van der Waals surface area contributed by atoms with Gasteiger partial charge in [-0.25, -0.2) is 15.0 Å². The molecule has 0 saturated heterocycles. The molecule has 0 radical (unpaired) electrons. The van der Waals surface area contributed by atoms with E-state index in [0.717, 1.165) is 72.3 Å². The van der Waals surface area contributed by atoms with E-state index in [4.69, 9.17) is 15.0 Å². The van der Waals surface area contributed by atoms with Crippen molar-refractivity contribution in [3.8, 4) is 11.5 Å². The van der Waals surface area contributed by atoms with Crippen molar-refractivity contribution in [1.82, 2.24) is 19.4 Å². The van der Waals surface area contributed by atoms with E-state index in [1.165, 1.54) is 37.7 Å². The molecule has 0 fully saturated rings. The SMILES string of the molecule is c1ccc(C2N=C(c3ccc4ccccc4c3)N=C(c3cc(-n4c5ccccc5c5cc6c7c8ccccc8ccc7n(-c7ccccn7)c6cc54)c4ccccc4c3)N2)cc1. The molecule has 1 unspecified atom stereocenters. The monoisotopic (exact) mass is 792 g/mol. The molecule has 13 rings (SSSR count). The molecule has 1 N–H and O–H groups in total. The fourth-order valence-electron chi connectivity index (χ4n) is 9.71. The Labute approximate surface area is 356 Å². The standard InChI is InChI=1S/C56H36N6/c1-2-16-37(17-3-1)54-58-55(40-26-25-35-14-4-5-18-38(35)30-40)60-56(59-54)41-31-39-19-7-8-20-42(39)49(32-41)61-47-23-11-10-22-44(47)45-33-46-51(34-50(45)61)62(52-24-12-13-29-57-52)48-28-27-36-15-6-9-21-43(36)53(46)48/h1-34,54H,(H,58,59,60). The highest BCUT2D eigenvalue weighted by Crippen LogP contribution is 2.42. The van der Waals surface area contributed by atoms with Crippen LogP contribution in [-0.4, -0.2) is 25.8 Å². The van der Waals surface area contributed by atoms with Crippen molar-refractivity contribution in [2.45, 2.75) is 6.17 Å². The maximum Gasteiger partial charge on any atom is 0.159 e. The van der Waals surface area contributed by atoms with E-state index in [9.17, 15) is 0 Å². The molecule has 0 amide bonds. The molecule has 0 saturated carbocycles. The predicted octanol–water partition coefficient (Wildman–Crippen LogP) is 13.2. The highest BCUT2D eigenvalue weighted by molar-refractivity contribution is 6.25. The van der Waals surface area contributed by atoms with Crippen molar-refractivity contribution in [3.63, 3.8) is 0 Å². The Bertz CT molecular complexity index is 3840. The third-order valence-corrected chi connectivity index (χ3v) is 12.5. The van der Waals surface area contributed by atoms with Crippen LogP contribution in [0, 0.1) is 0 Å². The Kier molecular flexibility index (Phi) is 7.57. The first-order valence-corrected chi connectivity index (χ1v) is 21.0. The van der Waals surface area contributed by atoms with E-state index in [0.29, 0.717) is 5.84 Å². The topological polar surface area (TPSA) is 59.5 Å². The first kappa shape index (κ1) is 34.5. The van der Waals surface area contributed by atoms with E-state index in [2.05, 4.69) is 203 Å². The summed E-state index contributed by atoms with van der Waals surface area (Å²) in [5, 5.41) is 15.6. The van der Waals surface area contributed by atoms with Crippen LogP contribution in [0.3, 0.4) is 0 Å². The molecule has 3 aromatic heterocycles. The highest BCUT2D eigenvalue weighted by Gasteiger charge is 2.25. The normalized spacial score (nSPS) is 14.3. The van der Waals surface area contributed by atoms with Gasteiger partial charge in [-0.2, -0.15) is 0 Å². The summed E-state index contributed by atoms with van der Waals surface area (Å²) in [7, 11) is 0. The number of benzene rings is 9. The van der Waals surface area contributed by atoms with Gasteiger partial charge in [-0.05, 0) is 87.1 Å². The number of aliphatic imine (C=N–C) groups is 2. The van der Waals surface area contributed by atoms with E-state index >= 15 is 0 Å². The molecule has 4 heterocycles. The first-order valence-electron chi connectivity index (χ1n) is 21.0. The Hall–Kier alpha value is -8.35. The number of pyridine rings is 1. The summed E-state index contributed by atoms with van der Waals surface area (Å²) in [6.45, 7) is 0. The van der Waals surface area contributed by atoms with Crippen molar-refractivity contribution < 1.29 is 0 Å². The minimum Gasteiger partial charge on any atom is -0.344 e. The number of nitrogens with zero attached hydrogens (tertiary/aromatic N) is 5. The minimum atomic E-state index is -0.328. The number of aromatic nitrogens is 3. The summed E-state index contributed by atoms with van der Waals surface area (Å²) < 4.78 is 4.77. The number of hydrogen-bond donors (Lipinski definition) is 1. The summed E-state index contributed by atoms with van der Waals surface area (Å²) in [5.41, 5.74) is 8.59. The molecular formula is C56H36N6. The number of amidine groups is 2. The van der Waals surface area contributed by atoms with Gasteiger partial charge in [0.15, 0.2) is 5.84 Å². The quantitative estimate of drug-likeness (QED) is 0.189. The molecule has 1 aliphatic rings. The lowest BCUT2D eigenvalue weighted by molar-refractivity contribution is 0.674. The average molecular weight is 793 g/mol. The molecule has 1 aliphatic heterocycles. The second-order valence-electron chi connectivity index (χ2n) is 16.1. The summed E-state index contributed by atoms with van der Waals surface area (Å²) in [6.07, 6.45) is 1.55. The van der Waals surface area contributed by atoms with Crippen LogP contribution in [0.4, 0.5) is 0 Å². The molecule has 6 nitrogen and oxygen atoms in total. The maximum atomic E-state index is 5.33. The molecule has 9 aromatic carbocycles. The van der Waals surface area contributed by atoms with E-state index in [1.54, 1.807) is 0 Å². The van der Waals surface area contributed by atoms with Gasteiger partial charge < -0.3 is 9.88 Å². The average Bonchev–Trinajstić information content (AvgIpc) is 3.85. The van der Waals surface area contributed by atoms with Gasteiger partial charge in [-0.1, -0.05) is 146 Å². The fraction of sp³-hybridized carbons (Fsp3) is 0.0179. The molecule has 0 aliphatic carbocycles. The molecule has 6 heteroatoms. The van der Waals surface area contributed by atoms with Crippen LogP contribution in [0.2, 0.25) is 0 Å². The summed E-state index contributed by atoms with van der Waals surface area (Å²) in [5.74, 6) is 2.35. The molecule has 290 valence electrons. The highest BCUT2D eigenvalue weighted by atomic mass is 15.2. The van der Waals surface area contributed by atoms with Crippen LogP contribution in [0.25, 0.3) is 87.4 Å². The zero-order valence-corrected chi connectivity index (χ0v) is 33.4. The van der Waals surface area contributed by atoms with Crippen LogP contribution < -0.4 is 5.32 Å². The molecule has 0 spiro atoms. The third-order valence-electron chi connectivity index (χ3n) is 12.5. The molecular weight excluding hydrogens is 757 g/mol. The largest absolute Gasteiger partial charge is 0.344 e. The number of para-hydroxylation sites is 1. The number of fused-ring (bicyclic) bond motifs is 10. The van der Waals surface area contributed by atoms with Crippen molar-refractivity contribution in [3.05, 3.63) is 223 Å². The lowest BCUT2D eigenvalue weighted by atomic mass is 10.0. The number of hydrogen-bond acceptors (Lipinski definition) is 4. The van der Waals surface area contributed by atoms with Crippen LogP contribution in [-0.2, 0) is 0 Å². The second-order valence-corrected chi connectivity index (χ2v) is 16.1. The van der Waals surface area contributed by atoms with Crippen molar-refractivity contribution in [2.24, 2.45) is 9.98 Å². The molecule has 1 atom stereocenters. The molecule has 62 heavy (non-hydrogen) atoms. The number of nitrogens with one attached hydrogen (secondary N) is 1. The van der Waals surface area contributed by atoms with Crippen LogP contribution >= 0.6 is 0 Å². The van der Waals surface area contributed by atoms with E-state index < -0.39 is 0 Å². The summed E-state index contributed by atoms with van der Waals surface area (Å²) in [6, 6.07) is 71.5. The first-order chi connectivity index (χ1) is 30.7. The van der Waals surface area contributed by atoms with Crippen molar-refractivity contribution in [1.29, 1.82) is 0 Å². The molecule has 12 aromatic rings. The maximum absolute atomic E-state index is 5.33. The third kappa shape index (κ3) is 5.33. The lowest BCUT2D eigenvalue weighted by Gasteiger charge is -2.24. The summed E-state index contributed by atoms with van der Waals surface area (Å²) >= 11 is 0. The predicted molar refractivity (Wildman–Crippen MR) is 257 cm³/mol. The summed E-state index contributed by atoms with van der Waals surface area (Å²) in [4.78, 5) is 15.5. The van der Waals surface area contributed by atoms with Gasteiger partial charge in [-0.15, -0.1) is 0 Å². The minimum absolute atomic E-state index is 0.328. The Morgan fingerprint density at radius 1 is 0.419 bits per heavy atom. The van der Waals surface area contributed by atoms with Crippen LogP contribution in [0.1, 0.15) is 22.9 Å². The fourth-order valence-corrected chi connectivity index (χ4v) is 9.71. The molecule has 0 bridgehead atoms. The van der Waals surface area contributed by atoms with Crippen molar-refractivity contribution in [2.75, 3.05) is 0 Å². The van der Waals surface area contributed by atoms with E-state index in [1.807, 2.05) is 18.3 Å². The Balaban J connectivity index is 1.08. The zero-order chi connectivity index (χ0) is 40.7. The van der Waals surface area contributed by atoms with Crippen molar-refractivity contribution >= 4 is 87.6 Å². The zero-order valence-electron chi connectivity index (χ0n) is 33.4. The Morgan fingerprint density at radius 2 is 1.11 bits per heavy atom. The van der Waals surface area contributed by atoms with Gasteiger partial charge >= 0.3 is 0 Å².